The van der Waals surface area contributed by atoms with E-state index in [0.29, 0.717) is 23.9 Å². The summed E-state index contributed by atoms with van der Waals surface area (Å²) in [5.74, 6) is 0.664. The topological polar surface area (TPSA) is 57.2 Å². The molecule has 0 aromatic heterocycles. The molecule has 0 N–H and O–H groups in total. The van der Waals surface area contributed by atoms with Crippen LogP contribution >= 0.6 is 0 Å². The second-order valence-electron chi connectivity index (χ2n) is 10.00. The Kier molecular flexibility index (Phi) is 4.97. The number of hydrogen-bond donors (Lipinski definition) is 0. The first-order valence-electron chi connectivity index (χ1n) is 11.3. The highest BCUT2D eigenvalue weighted by molar-refractivity contribution is 5.94. The van der Waals surface area contributed by atoms with Gasteiger partial charge >= 0.3 is 0 Å². The zero-order valence-corrected chi connectivity index (χ0v) is 18.4. The summed E-state index contributed by atoms with van der Waals surface area (Å²) < 4.78 is 13.0. The maximum Gasteiger partial charge on any atom is 0.253 e. The number of benzene rings is 1. The van der Waals surface area contributed by atoms with Crippen molar-refractivity contribution >= 4 is 5.91 Å². The van der Waals surface area contributed by atoms with Crippen molar-refractivity contribution in [3.05, 3.63) is 35.9 Å². The van der Waals surface area contributed by atoms with Gasteiger partial charge in [-0.3, -0.25) is 4.79 Å². The average molecular weight is 416 g/mol. The van der Waals surface area contributed by atoms with Gasteiger partial charge in [0.25, 0.3) is 5.91 Å². The van der Waals surface area contributed by atoms with E-state index < -0.39 is 17.7 Å². The van der Waals surface area contributed by atoms with Crippen LogP contribution < -0.4 is 0 Å². The van der Waals surface area contributed by atoms with Gasteiger partial charge in [0, 0.05) is 31.5 Å². The Bertz CT molecular complexity index is 802. The number of fused-ring (bicyclic) bond motifs is 2. The molecule has 0 unspecified atom stereocenters. The molecule has 5 aliphatic rings. The van der Waals surface area contributed by atoms with E-state index in [1.165, 1.54) is 6.42 Å². The summed E-state index contributed by atoms with van der Waals surface area (Å²) in [4.78, 5) is 26.7. The summed E-state index contributed by atoms with van der Waals surface area (Å²) in [5, 5.41) is 0. The maximum atomic E-state index is 12.9. The zero-order valence-electron chi connectivity index (χ0n) is 18.4. The predicted molar refractivity (Wildman–Crippen MR) is 110 cm³/mol. The van der Waals surface area contributed by atoms with Gasteiger partial charge in [0.2, 0.25) is 5.79 Å². The molecule has 1 aromatic rings. The normalized spacial score (nSPS) is 44.8. The largest absolute Gasteiger partial charge is 0.344 e. The third kappa shape index (κ3) is 3.03. The molecule has 6 nitrogen and oxygen atoms in total. The molecule has 4 saturated heterocycles. The lowest BCUT2D eigenvalue weighted by Gasteiger charge is -2.60. The molecule has 1 aliphatic carbocycles. The van der Waals surface area contributed by atoms with Gasteiger partial charge < -0.3 is 14.4 Å². The molecule has 1 aromatic carbocycles. The molecule has 4 aliphatic heterocycles. The highest BCUT2D eigenvalue weighted by Crippen LogP contribution is 2.60. The molecule has 5 fully saturated rings. The van der Waals surface area contributed by atoms with Crippen LogP contribution in [-0.4, -0.2) is 48.2 Å². The lowest BCUT2D eigenvalue weighted by Crippen LogP contribution is -2.71. The van der Waals surface area contributed by atoms with Gasteiger partial charge in [0.15, 0.2) is 11.9 Å². The van der Waals surface area contributed by atoms with Crippen molar-refractivity contribution in [1.29, 1.82) is 0 Å². The van der Waals surface area contributed by atoms with Crippen LogP contribution in [0.25, 0.3) is 0 Å². The van der Waals surface area contributed by atoms with Crippen LogP contribution in [0.3, 0.4) is 0 Å². The third-order valence-corrected chi connectivity index (χ3v) is 8.12. The van der Waals surface area contributed by atoms with Crippen LogP contribution in [-0.2, 0) is 19.2 Å². The molecule has 6 heteroatoms. The molecule has 6 rings (SSSR count). The number of carbonyl (C=O) groups excluding carboxylic acids is 1. The summed E-state index contributed by atoms with van der Waals surface area (Å²) in [5.41, 5.74) is 0.145. The van der Waals surface area contributed by atoms with E-state index in [0.717, 1.165) is 19.3 Å². The maximum absolute atomic E-state index is 12.9. The van der Waals surface area contributed by atoms with Crippen LogP contribution in [0.2, 0.25) is 0 Å². The van der Waals surface area contributed by atoms with Crippen molar-refractivity contribution in [2.45, 2.75) is 70.2 Å². The first-order valence-corrected chi connectivity index (χ1v) is 11.3. The summed E-state index contributed by atoms with van der Waals surface area (Å²) in [7, 11) is 1.85. The molecule has 0 radical (unpaired) electrons. The number of hydrogen-bond acceptors (Lipinski definition) is 5. The minimum atomic E-state index is -0.769. The lowest BCUT2D eigenvalue weighted by molar-refractivity contribution is -0.571. The molecule has 1 spiro atoms. The Morgan fingerprint density at radius 3 is 2.63 bits per heavy atom. The Morgan fingerprint density at radius 2 is 1.87 bits per heavy atom. The summed E-state index contributed by atoms with van der Waals surface area (Å²) in [6.45, 7) is 7.02. The minimum absolute atomic E-state index is 0.0108. The van der Waals surface area contributed by atoms with E-state index >= 15 is 0 Å². The highest BCUT2D eigenvalue weighted by Gasteiger charge is 2.69. The molecule has 1 saturated carbocycles. The molecule has 2 bridgehead atoms. The average Bonchev–Trinajstić information content (AvgIpc) is 2.98. The molecule has 164 valence electrons. The Morgan fingerprint density at radius 1 is 1.10 bits per heavy atom. The van der Waals surface area contributed by atoms with Crippen LogP contribution in [0.5, 0.6) is 0 Å². The first-order chi connectivity index (χ1) is 14.3. The van der Waals surface area contributed by atoms with E-state index in [-0.39, 0.29) is 23.8 Å². The van der Waals surface area contributed by atoms with Crippen LogP contribution in [0.1, 0.15) is 56.8 Å². The number of ether oxygens (including phenoxy) is 2. The van der Waals surface area contributed by atoms with Crippen molar-refractivity contribution < 1.29 is 24.0 Å². The molecule has 4 heterocycles. The van der Waals surface area contributed by atoms with Gasteiger partial charge in [0.05, 0.1) is 6.10 Å². The minimum Gasteiger partial charge on any atom is -0.344 e. The smallest absolute Gasteiger partial charge is 0.253 e. The summed E-state index contributed by atoms with van der Waals surface area (Å²) >= 11 is 0. The second-order valence-corrected chi connectivity index (χ2v) is 10.00. The van der Waals surface area contributed by atoms with Gasteiger partial charge in [-0.05, 0) is 56.1 Å². The Balaban J connectivity index is 1.41. The number of nitrogens with zero attached hydrogens (tertiary/aromatic N) is 1. The SMILES string of the molecule is C[C@H]1[C@@H](CN(C)C(=O)c2ccccc2)O[C@@H]2O[C@@]3(C)CC[C@H]4[C@H](C)CC[C@@H]1[C@@]24OO3. The van der Waals surface area contributed by atoms with Gasteiger partial charge in [-0.1, -0.05) is 32.0 Å². The first kappa shape index (κ1) is 20.4. The van der Waals surface area contributed by atoms with Crippen molar-refractivity contribution in [2.75, 3.05) is 13.6 Å². The van der Waals surface area contributed by atoms with Crippen molar-refractivity contribution in [3.8, 4) is 0 Å². The molecule has 30 heavy (non-hydrogen) atoms. The molecule has 1 amide bonds. The molecule has 8 atom stereocenters. The Labute approximate surface area is 178 Å². The monoisotopic (exact) mass is 415 g/mol. The van der Waals surface area contributed by atoms with E-state index in [2.05, 4.69) is 13.8 Å². The van der Waals surface area contributed by atoms with Crippen molar-refractivity contribution in [3.63, 3.8) is 0 Å². The van der Waals surface area contributed by atoms with Crippen LogP contribution in [0.15, 0.2) is 30.3 Å². The third-order valence-electron chi connectivity index (χ3n) is 8.12. The fourth-order valence-electron chi connectivity index (χ4n) is 6.34. The predicted octanol–water partition coefficient (Wildman–Crippen LogP) is 4.01. The zero-order chi connectivity index (χ0) is 21.1. The van der Waals surface area contributed by atoms with E-state index in [1.54, 1.807) is 4.90 Å². The molecular weight excluding hydrogens is 382 g/mol. The number of likely N-dealkylation sites (N-methyl/N-ethyl adjacent to an activating group) is 1. The number of rotatable bonds is 3. The van der Waals surface area contributed by atoms with Crippen molar-refractivity contribution in [2.24, 2.45) is 23.7 Å². The standard InChI is InChI=1S/C24H33NO5/c1-15-10-11-19-16(2)20(14-25(4)21(26)17-8-6-5-7-9-17)27-22-24(19)18(15)12-13-23(3,28-22)29-30-24/h5-9,15-16,18-20,22H,10-14H2,1-4H3/t15-,16-,18+,19+,20-,22-,23-,24-/m1/s1. The second kappa shape index (κ2) is 7.30. The number of carbonyl (C=O) groups is 1. The Hall–Kier alpha value is -1.47. The van der Waals surface area contributed by atoms with E-state index in [9.17, 15) is 4.79 Å². The quantitative estimate of drug-likeness (QED) is 0.698. The van der Waals surface area contributed by atoms with Crippen LogP contribution in [0, 0.1) is 23.7 Å². The molecular formula is C24H33NO5. The fourth-order valence-corrected chi connectivity index (χ4v) is 6.34. The van der Waals surface area contributed by atoms with Gasteiger partial charge in [-0.15, -0.1) is 0 Å². The van der Waals surface area contributed by atoms with E-state index in [1.807, 2.05) is 44.3 Å². The van der Waals surface area contributed by atoms with Gasteiger partial charge in [-0.25, -0.2) is 9.78 Å². The van der Waals surface area contributed by atoms with Crippen molar-refractivity contribution in [1.82, 2.24) is 4.90 Å². The highest BCUT2D eigenvalue weighted by atomic mass is 17.3. The summed E-state index contributed by atoms with van der Waals surface area (Å²) in [6.07, 6.45) is 3.51. The van der Waals surface area contributed by atoms with Crippen LogP contribution in [0.4, 0.5) is 0 Å². The lowest BCUT2D eigenvalue weighted by atomic mass is 9.57. The fraction of sp³-hybridized carbons (Fsp3) is 0.708. The number of amides is 1. The summed E-state index contributed by atoms with van der Waals surface area (Å²) in [6, 6.07) is 9.41. The van der Waals surface area contributed by atoms with Gasteiger partial charge in [-0.2, -0.15) is 0 Å². The van der Waals surface area contributed by atoms with E-state index in [4.69, 9.17) is 19.2 Å². The van der Waals surface area contributed by atoms with Gasteiger partial charge in [0.1, 0.15) is 0 Å².